The molecule has 1 heterocycles. The molecule has 2 aromatic rings. The second-order valence-corrected chi connectivity index (χ2v) is 4.06. The Kier molecular flexibility index (Phi) is 3.77. The van der Waals surface area contributed by atoms with Gasteiger partial charge in [-0.25, -0.2) is 4.79 Å². The van der Waals surface area contributed by atoms with E-state index in [4.69, 9.17) is 16.7 Å². The van der Waals surface area contributed by atoms with E-state index in [1.807, 2.05) is 0 Å². The van der Waals surface area contributed by atoms with Crippen molar-refractivity contribution >= 4 is 29.2 Å². The zero-order valence-corrected chi connectivity index (χ0v) is 10.4. The van der Waals surface area contributed by atoms with Crippen LogP contribution in [0.1, 0.15) is 20.7 Å². The number of carbonyl (C=O) groups is 2. The van der Waals surface area contributed by atoms with Crippen LogP contribution in [0.15, 0.2) is 42.7 Å². The smallest absolute Gasteiger partial charge is 0.337 e. The Balaban J connectivity index is 2.34. The highest BCUT2D eigenvalue weighted by molar-refractivity contribution is 6.34. The first-order chi connectivity index (χ1) is 9.09. The largest absolute Gasteiger partial charge is 0.478 e. The summed E-state index contributed by atoms with van der Waals surface area (Å²) in [4.78, 5) is 26.8. The summed E-state index contributed by atoms with van der Waals surface area (Å²) in [5.74, 6) is -1.61. The maximum absolute atomic E-state index is 12.0. The molecule has 0 fully saturated rings. The average molecular weight is 277 g/mol. The van der Waals surface area contributed by atoms with Gasteiger partial charge in [0.05, 0.1) is 16.3 Å². The van der Waals surface area contributed by atoms with Gasteiger partial charge in [0.1, 0.15) is 0 Å². The lowest BCUT2D eigenvalue weighted by molar-refractivity contribution is 0.0698. The fourth-order valence-electron chi connectivity index (χ4n) is 1.52. The number of aromatic carboxylic acids is 1. The van der Waals surface area contributed by atoms with E-state index in [-0.39, 0.29) is 16.3 Å². The van der Waals surface area contributed by atoms with Gasteiger partial charge in [0, 0.05) is 18.0 Å². The summed E-state index contributed by atoms with van der Waals surface area (Å²) < 4.78 is 0. The fraction of sp³-hybridized carbons (Fsp3) is 0. The number of para-hydroxylation sites is 1. The number of hydrogen-bond donors (Lipinski definition) is 2. The number of carboxylic acids is 1. The number of rotatable bonds is 3. The van der Waals surface area contributed by atoms with Crippen molar-refractivity contribution in [3.63, 3.8) is 0 Å². The monoisotopic (exact) mass is 276 g/mol. The normalized spacial score (nSPS) is 9.95. The van der Waals surface area contributed by atoms with Crippen LogP contribution in [0.3, 0.4) is 0 Å². The molecule has 19 heavy (non-hydrogen) atoms. The maximum Gasteiger partial charge on any atom is 0.337 e. The van der Waals surface area contributed by atoms with Crippen molar-refractivity contribution in [3.8, 4) is 0 Å². The van der Waals surface area contributed by atoms with Crippen LogP contribution in [-0.4, -0.2) is 22.0 Å². The van der Waals surface area contributed by atoms with Gasteiger partial charge >= 0.3 is 5.97 Å². The lowest BCUT2D eigenvalue weighted by Gasteiger charge is -2.10. The van der Waals surface area contributed by atoms with Crippen molar-refractivity contribution in [1.29, 1.82) is 0 Å². The summed E-state index contributed by atoms with van der Waals surface area (Å²) in [5.41, 5.74) is 0.389. The van der Waals surface area contributed by atoms with Gasteiger partial charge in [0.15, 0.2) is 0 Å². The minimum atomic E-state index is -1.16. The van der Waals surface area contributed by atoms with Crippen LogP contribution in [0.4, 0.5) is 5.69 Å². The Morgan fingerprint density at radius 3 is 2.47 bits per heavy atom. The molecule has 1 aromatic carbocycles. The number of anilines is 1. The fourth-order valence-corrected chi connectivity index (χ4v) is 1.74. The molecule has 2 rings (SSSR count). The van der Waals surface area contributed by atoms with Gasteiger partial charge in [0.25, 0.3) is 5.91 Å². The quantitative estimate of drug-likeness (QED) is 0.903. The minimum absolute atomic E-state index is 0.0603. The molecule has 0 saturated carbocycles. The molecular formula is C13H9ClN2O3. The number of carboxylic acid groups (broad SMARTS) is 1. The Bertz CT molecular complexity index is 629. The second kappa shape index (κ2) is 5.49. The molecule has 0 unspecified atom stereocenters. The Morgan fingerprint density at radius 1 is 1.16 bits per heavy atom. The van der Waals surface area contributed by atoms with Crippen molar-refractivity contribution in [2.24, 2.45) is 0 Å². The van der Waals surface area contributed by atoms with E-state index < -0.39 is 11.9 Å². The summed E-state index contributed by atoms with van der Waals surface area (Å²) in [6.07, 6.45) is 2.94. The van der Waals surface area contributed by atoms with E-state index in [1.54, 1.807) is 0 Å². The highest BCUT2D eigenvalue weighted by atomic mass is 35.5. The molecule has 6 heteroatoms. The summed E-state index contributed by atoms with van der Waals surface area (Å²) >= 11 is 5.91. The molecule has 0 atom stereocenters. The van der Waals surface area contributed by atoms with Gasteiger partial charge in [-0.1, -0.05) is 17.7 Å². The van der Waals surface area contributed by atoms with Crippen LogP contribution in [0.25, 0.3) is 0 Å². The summed E-state index contributed by atoms with van der Waals surface area (Å²) in [5, 5.41) is 11.7. The van der Waals surface area contributed by atoms with Crippen LogP contribution >= 0.6 is 11.6 Å². The molecule has 96 valence electrons. The molecule has 0 spiro atoms. The van der Waals surface area contributed by atoms with Gasteiger partial charge in [-0.2, -0.15) is 0 Å². The van der Waals surface area contributed by atoms with Gasteiger partial charge < -0.3 is 10.4 Å². The number of hydrogen-bond acceptors (Lipinski definition) is 3. The third-order valence-corrected chi connectivity index (χ3v) is 2.74. The predicted octanol–water partition coefficient (Wildman–Crippen LogP) is 2.69. The highest BCUT2D eigenvalue weighted by Gasteiger charge is 2.16. The molecule has 1 aromatic heterocycles. The van der Waals surface area contributed by atoms with Crippen LogP contribution in [0, 0.1) is 0 Å². The molecule has 0 aliphatic carbocycles. The van der Waals surface area contributed by atoms with E-state index in [2.05, 4.69) is 10.3 Å². The van der Waals surface area contributed by atoms with Crippen LogP contribution in [0.5, 0.6) is 0 Å². The van der Waals surface area contributed by atoms with Crippen LogP contribution < -0.4 is 5.32 Å². The minimum Gasteiger partial charge on any atom is -0.478 e. The van der Waals surface area contributed by atoms with Crippen molar-refractivity contribution in [2.45, 2.75) is 0 Å². The van der Waals surface area contributed by atoms with E-state index in [0.717, 1.165) is 0 Å². The number of nitrogens with one attached hydrogen (secondary N) is 1. The molecule has 5 nitrogen and oxygen atoms in total. The van der Waals surface area contributed by atoms with E-state index in [9.17, 15) is 9.59 Å². The van der Waals surface area contributed by atoms with Gasteiger partial charge in [-0.15, -0.1) is 0 Å². The SMILES string of the molecule is O=C(Nc1c(Cl)cccc1C(=O)O)c1ccncc1. The summed E-state index contributed by atoms with van der Waals surface area (Å²) in [6.45, 7) is 0. The maximum atomic E-state index is 12.0. The lowest BCUT2D eigenvalue weighted by atomic mass is 10.1. The average Bonchev–Trinajstić information content (AvgIpc) is 2.41. The van der Waals surface area contributed by atoms with Crippen LogP contribution in [0.2, 0.25) is 5.02 Å². The van der Waals surface area contributed by atoms with E-state index in [1.165, 1.54) is 42.7 Å². The second-order valence-electron chi connectivity index (χ2n) is 3.66. The Morgan fingerprint density at radius 2 is 1.84 bits per heavy atom. The number of carbonyl (C=O) groups excluding carboxylic acids is 1. The van der Waals surface area contributed by atoms with Crippen molar-refractivity contribution < 1.29 is 14.7 Å². The van der Waals surface area contributed by atoms with Crippen molar-refractivity contribution in [3.05, 3.63) is 58.9 Å². The lowest BCUT2D eigenvalue weighted by Crippen LogP contribution is -2.15. The van der Waals surface area contributed by atoms with Crippen LogP contribution in [-0.2, 0) is 0 Å². The molecule has 0 aliphatic rings. The topological polar surface area (TPSA) is 79.3 Å². The molecule has 0 radical (unpaired) electrons. The molecule has 0 aliphatic heterocycles. The molecule has 2 N–H and O–H groups in total. The van der Waals surface area contributed by atoms with Crippen molar-refractivity contribution in [1.82, 2.24) is 4.98 Å². The zero-order valence-electron chi connectivity index (χ0n) is 9.63. The van der Waals surface area contributed by atoms with Crippen molar-refractivity contribution in [2.75, 3.05) is 5.32 Å². The first-order valence-electron chi connectivity index (χ1n) is 5.33. The predicted molar refractivity (Wildman–Crippen MR) is 70.6 cm³/mol. The number of halogens is 1. The summed E-state index contributed by atoms with van der Waals surface area (Å²) in [7, 11) is 0. The van der Waals surface area contributed by atoms with Gasteiger partial charge in [0.2, 0.25) is 0 Å². The van der Waals surface area contributed by atoms with Gasteiger partial charge in [-0.05, 0) is 24.3 Å². The molecule has 0 saturated heterocycles. The first kappa shape index (κ1) is 13.0. The van der Waals surface area contributed by atoms with E-state index >= 15 is 0 Å². The zero-order chi connectivity index (χ0) is 13.8. The number of amides is 1. The number of benzene rings is 1. The third-order valence-electron chi connectivity index (χ3n) is 2.43. The number of nitrogens with zero attached hydrogens (tertiary/aromatic N) is 1. The summed E-state index contributed by atoms with van der Waals surface area (Å²) in [6, 6.07) is 7.43. The van der Waals surface area contributed by atoms with E-state index in [0.29, 0.717) is 5.56 Å². The molecular weight excluding hydrogens is 268 g/mol. The number of aromatic nitrogens is 1. The molecule has 1 amide bonds. The number of pyridine rings is 1. The molecule has 0 bridgehead atoms. The Hall–Kier alpha value is -2.40. The third kappa shape index (κ3) is 2.89. The highest BCUT2D eigenvalue weighted by Crippen LogP contribution is 2.26. The standard InChI is InChI=1S/C13H9ClN2O3/c14-10-3-1-2-9(13(18)19)11(10)16-12(17)8-4-6-15-7-5-8/h1-7H,(H,16,17)(H,18,19). The Labute approximate surface area is 113 Å². The first-order valence-corrected chi connectivity index (χ1v) is 5.70. The van der Waals surface area contributed by atoms with Gasteiger partial charge in [-0.3, -0.25) is 9.78 Å².